The highest BCUT2D eigenvalue weighted by atomic mass is 35.5. The van der Waals surface area contributed by atoms with Crippen molar-refractivity contribution in [1.29, 1.82) is 0 Å². The second kappa shape index (κ2) is 8.51. The normalized spacial score (nSPS) is 13.5. The number of phenols is 1. The minimum atomic E-state index is -3.82. The van der Waals surface area contributed by atoms with Crippen molar-refractivity contribution in [2.45, 2.75) is 19.8 Å². The van der Waals surface area contributed by atoms with Gasteiger partial charge in [0.15, 0.2) is 12.1 Å². The Labute approximate surface area is 161 Å². The quantitative estimate of drug-likeness (QED) is 0.551. The molecule has 0 heterocycles. The van der Waals surface area contributed by atoms with Crippen LogP contribution < -0.4 is 9.47 Å². The number of ether oxygens (including phenoxy) is 2. The summed E-state index contributed by atoms with van der Waals surface area (Å²) in [6.45, 7) is 3.90. The molecule has 142 valence electrons. The summed E-state index contributed by atoms with van der Waals surface area (Å²) in [7, 11) is -2.70. The summed E-state index contributed by atoms with van der Waals surface area (Å²) < 4.78 is 26.8. The van der Waals surface area contributed by atoms with E-state index < -0.39 is 13.9 Å². The summed E-state index contributed by atoms with van der Waals surface area (Å²) in [5, 5.41) is 10.2. The first-order valence-corrected chi connectivity index (χ1v) is 10.1. The molecule has 2 aromatic carbocycles. The molecule has 0 aliphatic carbocycles. The third-order valence-corrected chi connectivity index (χ3v) is 5.08. The highest BCUT2D eigenvalue weighted by Crippen LogP contribution is 2.44. The zero-order valence-electron chi connectivity index (χ0n) is 14.4. The Morgan fingerprint density at radius 3 is 2.27 bits per heavy atom. The number of aromatic hydroxyl groups is 1. The lowest BCUT2D eigenvalue weighted by molar-refractivity contribution is 0.269. The van der Waals surface area contributed by atoms with Crippen LogP contribution in [0.15, 0.2) is 30.3 Å². The molecule has 0 bridgehead atoms. The molecule has 9 heteroatoms. The molecule has 1 atom stereocenters. The molecule has 0 aliphatic heterocycles. The molecular formula is C17H19Cl2O6P. The fourth-order valence-electron chi connectivity index (χ4n) is 2.10. The highest BCUT2D eigenvalue weighted by molar-refractivity contribution is 7.52. The maximum atomic E-state index is 11.4. The van der Waals surface area contributed by atoms with E-state index in [2.05, 4.69) is 4.52 Å². The van der Waals surface area contributed by atoms with Crippen LogP contribution in [0.1, 0.15) is 25.3 Å². The lowest BCUT2D eigenvalue weighted by atomic mass is 10.0. The molecule has 0 radical (unpaired) electrons. The average Bonchev–Trinajstić information content (AvgIpc) is 2.57. The van der Waals surface area contributed by atoms with Crippen LogP contribution in [0.25, 0.3) is 0 Å². The van der Waals surface area contributed by atoms with Gasteiger partial charge >= 0.3 is 7.60 Å². The summed E-state index contributed by atoms with van der Waals surface area (Å²) in [5.41, 5.74) is 0.730. The molecule has 6 nitrogen and oxygen atoms in total. The Balaban J connectivity index is 2.23. The van der Waals surface area contributed by atoms with Crippen molar-refractivity contribution in [3.05, 3.63) is 45.9 Å². The first kappa shape index (κ1) is 20.9. The largest absolute Gasteiger partial charge is 0.508 e. The standard InChI is InChI=1S/C17H19Cl2O6P/c1-10(2)13-6-11(4-5-16(13)20)25-17-14(18)7-12(8-15(17)19)24-9-26(21,22)23-3/h4-8,10,20H,9H2,1-3H3,(H,21,22). The van der Waals surface area contributed by atoms with Crippen LogP contribution in [0, 0.1) is 0 Å². The van der Waals surface area contributed by atoms with Crippen molar-refractivity contribution in [2.75, 3.05) is 13.5 Å². The summed E-state index contributed by atoms with van der Waals surface area (Å²) in [6, 6.07) is 7.68. The van der Waals surface area contributed by atoms with Crippen LogP contribution in [0.3, 0.4) is 0 Å². The smallest absolute Gasteiger partial charge is 0.364 e. The second-order valence-electron chi connectivity index (χ2n) is 5.79. The molecule has 26 heavy (non-hydrogen) atoms. The SMILES string of the molecule is COP(=O)(O)COc1cc(Cl)c(Oc2ccc(O)c(C(C)C)c2)c(Cl)c1. The molecule has 0 saturated heterocycles. The number of hydrogen-bond donors (Lipinski definition) is 2. The fourth-order valence-corrected chi connectivity index (χ4v) is 3.06. The molecule has 0 spiro atoms. The Morgan fingerprint density at radius 2 is 1.73 bits per heavy atom. The van der Waals surface area contributed by atoms with Gasteiger partial charge in [0.25, 0.3) is 0 Å². The molecule has 0 aromatic heterocycles. The fraction of sp³-hybridized carbons (Fsp3) is 0.294. The van der Waals surface area contributed by atoms with Gasteiger partial charge in [0, 0.05) is 24.8 Å². The Morgan fingerprint density at radius 1 is 1.12 bits per heavy atom. The van der Waals surface area contributed by atoms with Gasteiger partial charge in [0.2, 0.25) is 0 Å². The van der Waals surface area contributed by atoms with Gasteiger partial charge in [0.05, 0.1) is 10.0 Å². The Kier molecular flexibility index (Phi) is 6.83. The van der Waals surface area contributed by atoms with Gasteiger partial charge in [-0.05, 0) is 24.1 Å². The number of hydrogen-bond acceptors (Lipinski definition) is 5. The Bertz CT molecular complexity index is 817. The van der Waals surface area contributed by atoms with E-state index in [-0.39, 0.29) is 33.2 Å². The van der Waals surface area contributed by atoms with E-state index in [0.29, 0.717) is 5.75 Å². The van der Waals surface area contributed by atoms with Crippen LogP contribution in [-0.4, -0.2) is 23.5 Å². The maximum Gasteiger partial charge on any atom is 0.364 e. The van der Waals surface area contributed by atoms with E-state index in [9.17, 15) is 14.6 Å². The van der Waals surface area contributed by atoms with E-state index in [1.54, 1.807) is 12.1 Å². The molecular weight excluding hydrogens is 402 g/mol. The molecule has 0 amide bonds. The maximum absolute atomic E-state index is 11.4. The van der Waals surface area contributed by atoms with Gasteiger partial charge in [-0.1, -0.05) is 37.0 Å². The molecule has 0 fully saturated rings. The Hall–Kier alpha value is -1.43. The monoisotopic (exact) mass is 420 g/mol. The van der Waals surface area contributed by atoms with Crippen molar-refractivity contribution in [3.63, 3.8) is 0 Å². The zero-order valence-corrected chi connectivity index (χ0v) is 16.8. The van der Waals surface area contributed by atoms with Gasteiger partial charge < -0.3 is 24.0 Å². The molecule has 2 N–H and O–H groups in total. The average molecular weight is 421 g/mol. The van der Waals surface area contributed by atoms with Gasteiger partial charge in [-0.3, -0.25) is 4.57 Å². The molecule has 1 unspecified atom stereocenters. The highest BCUT2D eigenvalue weighted by Gasteiger charge is 2.19. The van der Waals surface area contributed by atoms with E-state index in [4.69, 9.17) is 32.7 Å². The second-order valence-corrected chi connectivity index (χ2v) is 8.50. The third kappa shape index (κ3) is 5.29. The van der Waals surface area contributed by atoms with Gasteiger partial charge in [-0.15, -0.1) is 0 Å². The predicted octanol–water partition coefficient (Wildman–Crippen LogP) is 5.78. The minimum Gasteiger partial charge on any atom is -0.508 e. The van der Waals surface area contributed by atoms with Crippen LogP contribution in [-0.2, 0) is 9.09 Å². The van der Waals surface area contributed by atoms with Crippen molar-refractivity contribution < 1.29 is 28.6 Å². The van der Waals surface area contributed by atoms with E-state index >= 15 is 0 Å². The number of rotatable bonds is 7. The molecule has 2 aromatic rings. The van der Waals surface area contributed by atoms with Gasteiger partial charge in [-0.2, -0.15) is 0 Å². The summed E-state index contributed by atoms with van der Waals surface area (Å²) >= 11 is 12.4. The first-order chi connectivity index (χ1) is 12.1. The predicted molar refractivity (Wildman–Crippen MR) is 101 cm³/mol. The van der Waals surface area contributed by atoms with E-state index in [1.165, 1.54) is 18.2 Å². The van der Waals surface area contributed by atoms with Crippen LogP contribution in [0.4, 0.5) is 0 Å². The van der Waals surface area contributed by atoms with Crippen molar-refractivity contribution in [1.82, 2.24) is 0 Å². The van der Waals surface area contributed by atoms with Crippen LogP contribution >= 0.6 is 30.8 Å². The zero-order chi connectivity index (χ0) is 19.5. The van der Waals surface area contributed by atoms with Crippen LogP contribution in [0.5, 0.6) is 23.0 Å². The molecule has 0 saturated carbocycles. The summed E-state index contributed by atoms with van der Waals surface area (Å²) in [5.74, 6) is 1.16. The van der Waals surface area contributed by atoms with E-state index in [1.807, 2.05) is 13.8 Å². The third-order valence-electron chi connectivity index (χ3n) is 3.49. The minimum absolute atomic E-state index is 0.107. The van der Waals surface area contributed by atoms with Crippen molar-refractivity contribution in [3.8, 4) is 23.0 Å². The van der Waals surface area contributed by atoms with Gasteiger partial charge in [-0.25, -0.2) is 0 Å². The number of benzene rings is 2. The van der Waals surface area contributed by atoms with Crippen molar-refractivity contribution >= 4 is 30.8 Å². The lowest BCUT2D eigenvalue weighted by Gasteiger charge is -2.15. The number of phenolic OH excluding ortho intramolecular Hbond substituents is 1. The molecule has 2 rings (SSSR count). The summed E-state index contributed by atoms with van der Waals surface area (Å²) in [6.07, 6.45) is -0.536. The number of halogens is 2. The van der Waals surface area contributed by atoms with Crippen molar-refractivity contribution in [2.24, 2.45) is 0 Å². The van der Waals surface area contributed by atoms with E-state index in [0.717, 1.165) is 12.7 Å². The topological polar surface area (TPSA) is 85.2 Å². The molecule has 0 aliphatic rings. The van der Waals surface area contributed by atoms with Crippen LogP contribution in [0.2, 0.25) is 10.0 Å². The lowest BCUT2D eigenvalue weighted by Crippen LogP contribution is -2.00. The van der Waals surface area contributed by atoms with Gasteiger partial charge in [0.1, 0.15) is 17.2 Å². The first-order valence-electron chi connectivity index (χ1n) is 7.63. The summed E-state index contributed by atoms with van der Waals surface area (Å²) in [4.78, 5) is 9.36.